The van der Waals surface area contributed by atoms with Crippen LogP contribution in [0.1, 0.15) is 5.56 Å². The molecule has 0 aliphatic carbocycles. The second-order valence-electron chi connectivity index (χ2n) is 5.52. The summed E-state index contributed by atoms with van der Waals surface area (Å²) in [5, 5.41) is 0.928. The Morgan fingerprint density at radius 1 is 1.14 bits per heavy atom. The number of nitrogens with zero attached hydrogens (tertiary/aromatic N) is 1. The van der Waals surface area contributed by atoms with Gasteiger partial charge in [-0.2, -0.15) is 4.99 Å². The van der Waals surface area contributed by atoms with Gasteiger partial charge in [-0.1, -0.05) is 35.3 Å². The van der Waals surface area contributed by atoms with Gasteiger partial charge in [-0.3, -0.25) is 4.79 Å². The number of thioether (sulfide) groups is 1. The first-order valence-corrected chi connectivity index (χ1v) is 9.71. The van der Waals surface area contributed by atoms with Crippen molar-refractivity contribution in [3.8, 4) is 17.2 Å². The molecule has 146 valence electrons. The number of hydrogen-bond donors (Lipinski definition) is 1. The third-order valence-corrected chi connectivity index (χ3v) is 4.93. The summed E-state index contributed by atoms with van der Waals surface area (Å²) in [5.41, 5.74) is 6.14. The predicted molar refractivity (Wildman–Crippen MR) is 113 cm³/mol. The summed E-state index contributed by atoms with van der Waals surface area (Å²) in [6.07, 6.45) is 1.60. The van der Waals surface area contributed by atoms with Gasteiger partial charge in [-0.05, 0) is 42.1 Å². The number of carbonyl (C=O) groups is 1. The molecule has 0 atom stereocenters. The number of aliphatic imine (C=N–C) groups is 1. The molecule has 2 aromatic carbocycles. The molecule has 6 nitrogen and oxygen atoms in total. The van der Waals surface area contributed by atoms with Crippen LogP contribution in [0.25, 0.3) is 6.08 Å². The minimum Gasteiger partial charge on any atom is -0.493 e. The Morgan fingerprint density at radius 3 is 2.54 bits per heavy atom. The summed E-state index contributed by atoms with van der Waals surface area (Å²) in [7, 11) is 1.57. The molecule has 1 aliphatic heterocycles. The maximum Gasteiger partial charge on any atom is 0.286 e. The average Bonchev–Trinajstić information content (AvgIpc) is 2.97. The number of ether oxygens (including phenoxy) is 3. The first-order chi connectivity index (χ1) is 13.5. The number of methoxy groups -OCH3 is 1. The van der Waals surface area contributed by atoms with E-state index in [1.54, 1.807) is 37.5 Å². The van der Waals surface area contributed by atoms with Crippen molar-refractivity contribution in [3.63, 3.8) is 0 Å². The molecule has 2 aromatic rings. The molecular formula is C19H16Cl2N2O4S. The molecule has 0 saturated heterocycles. The molecule has 9 heteroatoms. The fraction of sp³-hybridized carbons (Fsp3) is 0.158. The third kappa shape index (κ3) is 4.92. The molecule has 2 N–H and O–H groups in total. The smallest absolute Gasteiger partial charge is 0.286 e. The third-order valence-electron chi connectivity index (χ3n) is 3.62. The highest BCUT2D eigenvalue weighted by Crippen LogP contribution is 2.36. The molecule has 0 aromatic heterocycles. The van der Waals surface area contributed by atoms with E-state index in [9.17, 15) is 4.79 Å². The number of hydrogen-bond acceptors (Lipinski definition) is 6. The van der Waals surface area contributed by atoms with E-state index in [1.807, 2.05) is 12.1 Å². The van der Waals surface area contributed by atoms with E-state index in [0.717, 1.165) is 11.8 Å². The number of amides is 1. The lowest BCUT2D eigenvalue weighted by Gasteiger charge is -2.14. The van der Waals surface area contributed by atoms with Gasteiger partial charge in [-0.25, -0.2) is 0 Å². The maximum absolute atomic E-state index is 11.9. The van der Waals surface area contributed by atoms with E-state index in [4.69, 9.17) is 43.1 Å². The summed E-state index contributed by atoms with van der Waals surface area (Å²) >= 11 is 13.5. The summed E-state index contributed by atoms with van der Waals surface area (Å²) in [5.74, 6) is 1.22. The van der Waals surface area contributed by atoms with E-state index in [1.165, 1.54) is 0 Å². The van der Waals surface area contributed by atoms with Crippen LogP contribution in [0.5, 0.6) is 17.2 Å². The van der Waals surface area contributed by atoms with Crippen LogP contribution >= 0.6 is 35.0 Å². The quantitative estimate of drug-likeness (QED) is 0.509. The second kappa shape index (κ2) is 9.23. The van der Waals surface area contributed by atoms with E-state index in [2.05, 4.69) is 4.99 Å². The Labute approximate surface area is 176 Å². The number of rotatable bonds is 7. The van der Waals surface area contributed by atoms with Gasteiger partial charge in [-0.15, -0.1) is 0 Å². The minimum atomic E-state index is -0.413. The van der Waals surface area contributed by atoms with Crippen LogP contribution in [0, 0.1) is 0 Å². The number of halogens is 2. The van der Waals surface area contributed by atoms with Crippen molar-refractivity contribution in [1.82, 2.24) is 0 Å². The van der Waals surface area contributed by atoms with E-state index < -0.39 is 5.91 Å². The number of para-hydroxylation sites is 2. The van der Waals surface area contributed by atoms with Crippen LogP contribution in [0.4, 0.5) is 0 Å². The zero-order valence-corrected chi connectivity index (χ0v) is 17.1. The van der Waals surface area contributed by atoms with Crippen LogP contribution in [0.3, 0.4) is 0 Å². The van der Waals surface area contributed by atoms with Crippen LogP contribution in [0.15, 0.2) is 46.3 Å². The summed E-state index contributed by atoms with van der Waals surface area (Å²) in [4.78, 5) is 15.9. The van der Waals surface area contributed by atoms with Crippen molar-refractivity contribution in [2.24, 2.45) is 10.7 Å². The molecular weight excluding hydrogens is 423 g/mol. The SMILES string of the molecule is COc1ccccc1OCCOc1c(Cl)cc(Cl)cc1/C=C1/SC(N)=NC1=O. The van der Waals surface area contributed by atoms with E-state index in [-0.39, 0.29) is 18.4 Å². The number of nitrogens with two attached hydrogens (primary N) is 1. The Morgan fingerprint density at radius 2 is 1.86 bits per heavy atom. The molecule has 28 heavy (non-hydrogen) atoms. The highest BCUT2D eigenvalue weighted by molar-refractivity contribution is 8.18. The van der Waals surface area contributed by atoms with Crippen LogP contribution in [-0.2, 0) is 4.79 Å². The normalized spacial score (nSPS) is 14.9. The fourth-order valence-corrected chi connectivity index (χ4v) is 3.68. The van der Waals surface area contributed by atoms with Gasteiger partial charge in [0.05, 0.1) is 17.0 Å². The molecule has 0 radical (unpaired) electrons. The molecule has 0 saturated carbocycles. The Hall–Kier alpha value is -2.35. The minimum absolute atomic E-state index is 0.192. The maximum atomic E-state index is 11.9. The topological polar surface area (TPSA) is 83.1 Å². The Balaban J connectivity index is 1.71. The monoisotopic (exact) mass is 438 g/mol. The summed E-state index contributed by atoms with van der Waals surface area (Å²) < 4.78 is 16.7. The fourth-order valence-electron chi connectivity index (χ4n) is 2.44. The molecule has 0 fully saturated rings. The Kier molecular flexibility index (Phi) is 6.72. The molecule has 3 rings (SSSR count). The van der Waals surface area contributed by atoms with E-state index >= 15 is 0 Å². The largest absolute Gasteiger partial charge is 0.493 e. The van der Waals surface area contributed by atoms with Gasteiger partial charge in [0, 0.05) is 10.6 Å². The lowest BCUT2D eigenvalue weighted by molar-refractivity contribution is -0.113. The molecule has 0 spiro atoms. The highest BCUT2D eigenvalue weighted by Gasteiger charge is 2.21. The number of carbonyl (C=O) groups excluding carboxylic acids is 1. The molecule has 0 unspecified atom stereocenters. The lowest BCUT2D eigenvalue weighted by atomic mass is 10.2. The molecule has 0 bridgehead atoms. The van der Waals surface area contributed by atoms with Gasteiger partial charge < -0.3 is 19.9 Å². The lowest BCUT2D eigenvalue weighted by Crippen LogP contribution is -2.10. The van der Waals surface area contributed by atoms with E-state index in [0.29, 0.717) is 37.8 Å². The molecule has 1 aliphatic rings. The van der Waals surface area contributed by atoms with Gasteiger partial charge >= 0.3 is 0 Å². The van der Waals surface area contributed by atoms with Crippen LogP contribution in [0.2, 0.25) is 10.0 Å². The van der Waals surface area contributed by atoms with Gasteiger partial charge in [0.25, 0.3) is 5.91 Å². The van der Waals surface area contributed by atoms with Crippen molar-refractivity contribution < 1.29 is 19.0 Å². The zero-order chi connectivity index (χ0) is 20.1. The number of amidine groups is 1. The van der Waals surface area contributed by atoms with Gasteiger partial charge in [0.2, 0.25) is 0 Å². The first-order valence-electron chi connectivity index (χ1n) is 8.13. The predicted octanol–water partition coefficient (Wildman–Crippen LogP) is 4.39. The van der Waals surface area contributed by atoms with Crippen LogP contribution < -0.4 is 19.9 Å². The molecule has 1 heterocycles. The summed E-state index contributed by atoms with van der Waals surface area (Å²) in [6, 6.07) is 10.5. The summed E-state index contributed by atoms with van der Waals surface area (Å²) in [6.45, 7) is 0.481. The standard InChI is InChI=1S/C19H16Cl2N2O4S/c1-25-14-4-2-3-5-15(14)26-6-7-27-17-11(8-12(20)10-13(17)21)9-16-18(24)23-19(22)28-16/h2-5,8-10H,6-7H2,1H3,(H2,22,23,24)/b16-9+. The highest BCUT2D eigenvalue weighted by atomic mass is 35.5. The number of benzene rings is 2. The second-order valence-corrected chi connectivity index (χ2v) is 7.43. The Bertz CT molecular complexity index is 963. The van der Waals surface area contributed by atoms with Crippen molar-refractivity contribution in [1.29, 1.82) is 0 Å². The van der Waals surface area contributed by atoms with Gasteiger partial charge in [0.15, 0.2) is 16.7 Å². The first kappa shape index (κ1) is 20.4. The van der Waals surface area contributed by atoms with Crippen molar-refractivity contribution in [2.45, 2.75) is 0 Å². The molecule has 1 amide bonds. The van der Waals surface area contributed by atoms with Crippen molar-refractivity contribution in [3.05, 3.63) is 56.9 Å². The van der Waals surface area contributed by atoms with Crippen molar-refractivity contribution >= 4 is 52.1 Å². The van der Waals surface area contributed by atoms with Crippen molar-refractivity contribution in [2.75, 3.05) is 20.3 Å². The van der Waals surface area contributed by atoms with Gasteiger partial charge in [0.1, 0.15) is 19.0 Å². The zero-order valence-electron chi connectivity index (χ0n) is 14.8. The van der Waals surface area contributed by atoms with Crippen LogP contribution in [-0.4, -0.2) is 31.4 Å². The average molecular weight is 439 g/mol.